The van der Waals surface area contributed by atoms with Crippen molar-refractivity contribution in [1.82, 2.24) is 0 Å². The minimum Gasteiger partial charge on any atom is -0.494 e. The number of aliphatic hydroxyl groups excluding tert-OH is 1. The zero-order valence-electron chi connectivity index (χ0n) is 24.8. The molecule has 0 unspecified atom stereocenters. The first-order valence-corrected chi connectivity index (χ1v) is 14.5. The molecule has 0 bridgehead atoms. The van der Waals surface area contributed by atoms with Gasteiger partial charge in [-0.1, -0.05) is 76.1 Å². The van der Waals surface area contributed by atoms with E-state index >= 15 is 0 Å². The van der Waals surface area contributed by atoms with E-state index in [1.165, 1.54) is 49.3 Å². The van der Waals surface area contributed by atoms with E-state index < -0.39 is 0 Å². The number of carbonyl (C=O) groups is 1. The number of rotatable bonds is 15. The molecule has 5 heteroatoms. The normalized spacial score (nSPS) is 10.0. The molecule has 0 aromatic heterocycles. The summed E-state index contributed by atoms with van der Waals surface area (Å²) in [5.74, 6) is 8.02. The summed E-state index contributed by atoms with van der Waals surface area (Å²) in [6.45, 7) is 9.61. The molecule has 0 saturated heterocycles. The molecule has 1 N–H and O–H groups in total. The molecule has 0 heterocycles. The van der Waals surface area contributed by atoms with Crippen molar-refractivity contribution < 1.29 is 24.1 Å². The number of aliphatic hydroxyl groups is 1. The van der Waals surface area contributed by atoms with Gasteiger partial charge in [0, 0.05) is 17.2 Å². The molecule has 41 heavy (non-hydrogen) atoms. The average Bonchev–Trinajstić information content (AvgIpc) is 3.00. The van der Waals surface area contributed by atoms with Crippen LogP contribution in [-0.4, -0.2) is 31.6 Å². The Morgan fingerprint density at radius 1 is 0.829 bits per heavy atom. The standard InChI is InChI=1S/C33H40O4.C3H4O/c1-4-7-8-9-10-11-26-12-14-27(15-13-26)16-17-28-18-19-33(29(5-2)20-28)30-21-31(36-6-3)23-32(22-30)37-25-35-24-34;1-2-3-4/h12-15,18-23,34H,4-11,24-25H2,1-3H3;2-3H,1H2. The molecular formula is C36H44O5. The largest absolute Gasteiger partial charge is 0.494 e. The second-order valence-corrected chi connectivity index (χ2v) is 9.43. The van der Waals surface area contributed by atoms with E-state index in [0.29, 0.717) is 18.6 Å². The van der Waals surface area contributed by atoms with E-state index in [-0.39, 0.29) is 13.6 Å². The molecule has 0 amide bonds. The van der Waals surface area contributed by atoms with Crippen molar-refractivity contribution in [2.45, 2.75) is 65.7 Å². The maximum Gasteiger partial charge on any atom is 0.191 e. The van der Waals surface area contributed by atoms with E-state index in [1.54, 1.807) is 0 Å². The van der Waals surface area contributed by atoms with Crippen LogP contribution in [0.4, 0.5) is 0 Å². The fourth-order valence-electron chi connectivity index (χ4n) is 4.28. The van der Waals surface area contributed by atoms with Crippen molar-refractivity contribution in [3.63, 3.8) is 0 Å². The number of allylic oxidation sites excluding steroid dienone is 1. The molecule has 5 nitrogen and oxygen atoms in total. The predicted octanol–water partition coefficient (Wildman–Crippen LogP) is 7.90. The first-order valence-electron chi connectivity index (χ1n) is 14.5. The SMILES string of the molecule is C=CC=O.CCCCCCCc1ccc(C#Cc2ccc(-c3cc(OCC)cc(OCOCO)c3)c(CC)c2)cc1. The quantitative estimate of drug-likeness (QED) is 0.0678. The third kappa shape index (κ3) is 12.5. The molecular weight excluding hydrogens is 512 g/mol. The lowest BCUT2D eigenvalue weighted by molar-refractivity contribution is -0.104. The lowest BCUT2D eigenvalue weighted by atomic mass is 9.95. The molecule has 0 aliphatic rings. The lowest BCUT2D eigenvalue weighted by Crippen LogP contribution is -2.04. The van der Waals surface area contributed by atoms with Gasteiger partial charge in [-0.3, -0.25) is 4.79 Å². The van der Waals surface area contributed by atoms with Gasteiger partial charge < -0.3 is 19.3 Å². The molecule has 0 spiro atoms. The second kappa shape index (κ2) is 20.1. The highest BCUT2D eigenvalue weighted by Crippen LogP contribution is 2.33. The van der Waals surface area contributed by atoms with Gasteiger partial charge in [0.25, 0.3) is 0 Å². The summed E-state index contributed by atoms with van der Waals surface area (Å²) in [5, 5.41) is 8.86. The van der Waals surface area contributed by atoms with Crippen LogP contribution in [-0.2, 0) is 22.4 Å². The van der Waals surface area contributed by atoms with Gasteiger partial charge in [-0.25, -0.2) is 0 Å². The molecule has 3 aromatic carbocycles. The van der Waals surface area contributed by atoms with E-state index in [0.717, 1.165) is 40.8 Å². The van der Waals surface area contributed by atoms with Gasteiger partial charge in [0.2, 0.25) is 0 Å². The summed E-state index contributed by atoms with van der Waals surface area (Å²) in [5.41, 5.74) is 6.75. The van der Waals surface area contributed by atoms with Crippen molar-refractivity contribution in [2.75, 3.05) is 20.2 Å². The van der Waals surface area contributed by atoms with Crippen LogP contribution >= 0.6 is 0 Å². The minimum absolute atomic E-state index is 0.0272. The van der Waals surface area contributed by atoms with Crippen molar-refractivity contribution >= 4 is 6.29 Å². The Hall–Kier alpha value is -3.85. The van der Waals surface area contributed by atoms with Crippen LogP contribution in [0.15, 0.2) is 73.3 Å². The number of ether oxygens (including phenoxy) is 3. The highest BCUT2D eigenvalue weighted by Gasteiger charge is 2.10. The molecule has 0 saturated carbocycles. The lowest BCUT2D eigenvalue weighted by Gasteiger charge is -2.14. The van der Waals surface area contributed by atoms with Gasteiger partial charge in [-0.15, -0.1) is 0 Å². The molecule has 0 fully saturated rings. The van der Waals surface area contributed by atoms with Gasteiger partial charge in [-0.2, -0.15) is 0 Å². The van der Waals surface area contributed by atoms with Gasteiger partial charge in [0.05, 0.1) is 6.61 Å². The second-order valence-electron chi connectivity index (χ2n) is 9.43. The van der Waals surface area contributed by atoms with Gasteiger partial charge >= 0.3 is 0 Å². The van der Waals surface area contributed by atoms with Crippen LogP contribution in [0.5, 0.6) is 11.5 Å². The fourth-order valence-corrected chi connectivity index (χ4v) is 4.28. The third-order valence-electron chi connectivity index (χ3n) is 6.36. The molecule has 0 aliphatic heterocycles. The Morgan fingerprint density at radius 3 is 2.12 bits per heavy atom. The van der Waals surface area contributed by atoms with E-state index in [9.17, 15) is 0 Å². The summed E-state index contributed by atoms with van der Waals surface area (Å²) in [6.07, 6.45) is 10.4. The van der Waals surface area contributed by atoms with Crippen molar-refractivity contribution in [2.24, 2.45) is 0 Å². The van der Waals surface area contributed by atoms with E-state index in [4.69, 9.17) is 24.1 Å². The molecule has 218 valence electrons. The third-order valence-corrected chi connectivity index (χ3v) is 6.36. The Balaban J connectivity index is 0.00000138. The summed E-state index contributed by atoms with van der Waals surface area (Å²) in [4.78, 5) is 9.06. The first kappa shape index (κ1) is 33.4. The average molecular weight is 557 g/mol. The number of hydrogen-bond donors (Lipinski definition) is 1. The summed E-state index contributed by atoms with van der Waals surface area (Å²) in [6, 6.07) is 20.8. The molecule has 3 rings (SSSR count). The number of carbonyl (C=O) groups excluding carboxylic acids is 1. The Kier molecular flexibility index (Phi) is 16.3. The summed E-state index contributed by atoms with van der Waals surface area (Å²) in [7, 11) is 0. The first-order chi connectivity index (χ1) is 20.1. The van der Waals surface area contributed by atoms with Crippen LogP contribution in [0.2, 0.25) is 0 Å². The van der Waals surface area contributed by atoms with E-state index in [2.05, 4.69) is 74.7 Å². The summed E-state index contributed by atoms with van der Waals surface area (Å²) < 4.78 is 16.3. The monoisotopic (exact) mass is 556 g/mol. The van der Waals surface area contributed by atoms with Crippen molar-refractivity contribution in [1.29, 1.82) is 0 Å². The number of unbranched alkanes of at least 4 members (excludes halogenated alkanes) is 4. The topological polar surface area (TPSA) is 65.0 Å². The number of hydrogen-bond acceptors (Lipinski definition) is 5. The minimum atomic E-state index is -0.385. The van der Waals surface area contributed by atoms with Gasteiger partial charge in [-0.05, 0) is 90.9 Å². The van der Waals surface area contributed by atoms with Crippen LogP contribution in [0.3, 0.4) is 0 Å². The zero-order valence-corrected chi connectivity index (χ0v) is 24.8. The number of aryl methyl sites for hydroxylation is 2. The highest BCUT2D eigenvalue weighted by molar-refractivity contribution is 5.71. The maximum atomic E-state index is 9.06. The Labute approximate surface area is 246 Å². The zero-order chi connectivity index (χ0) is 29.7. The molecule has 3 aromatic rings. The maximum absolute atomic E-state index is 9.06. The van der Waals surface area contributed by atoms with Crippen LogP contribution in [0, 0.1) is 11.8 Å². The van der Waals surface area contributed by atoms with E-state index in [1.807, 2.05) is 25.1 Å². The number of aldehydes is 1. The number of benzene rings is 3. The summed E-state index contributed by atoms with van der Waals surface area (Å²) >= 11 is 0. The molecule has 0 radical (unpaired) electrons. The van der Waals surface area contributed by atoms with Crippen molar-refractivity contribution in [3.8, 4) is 34.5 Å². The van der Waals surface area contributed by atoms with Gasteiger partial charge in [0.15, 0.2) is 6.79 Å². The van der Waals surface area contributed by atoms with Crippen LogP contribution < -0.4 is 9.47 Å². The molecule has 0 atom stereocenters. The fraction of sp³-hybridized carbons (Fsp3) is 0.361. The Morgan fingerprint density at radius 2 is 1.49 bits per heavy atom. The van der Waals surface area contributed by atoms with Crippen LogP contribution in [0.1, 0.15) is 75.1 Å². The van der Waals surface area contributed by atoms with Crippen LogP contribution in [0.25, 0.3) is 11.1 Å². The Bertz CT molecular complexity index is 1250. The predicted molar refractivity (Wildman–Crippen MR) is 167 cm³/mol. The smallest absolute Gasteiger partial charge is 0.191 e. The van der Waals surface area contributed by atoms with Crippen molar-refractivity contribution in [3.05, 3.63) is 95.6 Å². The highest BCUT2D eigenvalue weighted by atomic mass is 16.7. The molecule has 0 aliphatic carbocycles. The van der Waals surface area contributed by atoms with Gasteiger partial charge in [0.1, 0.15) is 24.6 Å².